The molecular weight excluding hydrogens is 458 g/mol. The lowest BCUT2D eigenvalue weighted by molar-refractivity contribution is 0.0898. The molecule has 1 aromatic carbocycles. The highest BCUT2D eigenvalue weighted by atomic mass is 16.4. The Morgan fingerprint density at radius 1 is 1.22 bits per heavy atom. The van der Waals surface area contributed by atoms with Crippen LogP contribution in [-0.4, -0.2) is 48.9 Å². The lowest BCUT2D eigenvalue weighted by Crippen LogP contribution is -2.35. The van der Waals surface area contributed by atoms with Crippen molar-refractivity contribution in [3.05, 3.63) is 65.8 Å². The van der Waals surface area contributed by atoms with Crippen LogP contribution in [0.3, 0.4) is 0 Å². The zero-order valence-electron chi connectivity index (χ0n) is 20.7. The molecule has 11 heteroatoms. The van der Waals surface area contributed by atoms with Gasteiger partial charge in [0.1, 0.15) is 0 Å². The van der Waals surface area contributed by atoms with Crippen molar-refractivity contribution >= 4 is 17.5 Å². The van der Waals surface area contributed by atoms with Gasteiger partial charge in [-0.05, 0) is 36.2 Å². The van der Waals surface area contributed by atoms with Crippen molar-refractivity contribution in [2.24, 2.45) is 7.05 Å². The van der Waals surface area contributed by atoms with Crippen molar-refractivity contribution in [3.63, 3.8) is 0 Å². The maximum absolute atomic E-state index is 12.9. The molecule has 4 aromatic rings. The van der Waals surface area contributed by atoms with Gasteiger partial charge in [-0.3, -0.25) is 9.48 Å². The number of amides is 1. The van der Waals surface area contributed by atoms with Crippen LogP contribution in [0, 0.1) is 0 Å². The van der Waals surface area contributed by atoms with Crippen molar-refractivity contribution in [1.29, 1.82) is 0 Å². The van der Waals surface area contributed by atoms with Gasteiger partial charge < -0.3 is 20.4 Å². The summed E-state index contributed by atoms with van der Waals surface area (Å²) < 4.78 is 7.33. The van der Waals surface area contributed by atoms with Crippen LogP contribution < -0.4 is 16.0 Å². The number of rotatable bonds is 5. The molecule has 11 nitrogen and oxygen atoms in total. The second kappa shape index (κ2) is 9.50. The fourth-order valence-corrected chi connectivity index (χ4v) is 4.06. The Balaban J connectivity index is 1.36. The Morgan fingerprint density at radius 2 is 2.08 bits per heavy atom. The standard InChI is InChI=1S/C25H29N9O2/c1-25(2,3)23-33-32-22(36-23)21(35)30-20-13-26-9-7-15-11-16(5-6-18(15)20)19-8-10-27-24(31-19)29-17-12-28-34(4)14-17/h5-6,8,10-12,14,20,26H,7,9,13H2,1-4H3,(H,30,35)(H,27,29,31)/t20-/m0/s1. The minimum Gasteiger partial charge on any atom is -0.416 e. The van der Waals surface area contributed by atoms with Gasteiger partial charge in [0.15, 0.2) is 0 Å². The highest BCUT2D eigenvalue weighted by Crippen LogP contribution is 2.28. The van der Waals surface area contributed by atoms with Gasteiger partial charge in [0.2, 0.25) is 11.8 Å². The van der Waals surface area contributed by atoms with Gasteiger partial charge in [-0.1, -0.05) is 32.9 Å². The molecule has 1 atom stereocenters. The molecule has 1 aliphatic heterocycles. The van der Waals surface area contributed by atoms with E-state index in [0.29, 0.717) is 18.4 Å². The molecule has 3 aromatic heterocycles. The van der Waals surface area contributed by atoms with Gasteiger partial charge in [-0.25, -0.2) is 9.97 Å². The molecule has 0 saturated carbocycles. The molecule has 5 rings (SSSR count). The number of aromatic nitrogens is 6. The van der Waals surface area contributed by atoms with E-state index in [9.17, 15) is 4.79 Å². The molecule has 0 unspecified atom stereocenters. The summed E-state index contributed by atoms with van der Waals surface area (Å²) in [5.74, 6) is 0.510. The summed E-state index contributed by atoms with van der Waals surface area (Å²) in [6, 6.07) is 7.84. The van der Waals surface area contributed by atoms with E-state index in [4.69, 9.17) is 4.42 Å². The number of carbonyl (C=O) groups is 1. The monoisotopic (exact) mass is 487 g/mol. The number of fused-ring (bicyclic) bond motifs is 1. The van der Waals surface area contributed by atoms with Crippen molar-refractivity contribution < 1.29 is 9.21 Å². The molecule has 3 N–H and O–H groups in total. The number of anilines is 2. The molecule has 186 valence electrons. The molecule has 0 aliphatic carbocycles. The lowest BCUT2D eigenvalue weighted by atomic mass is 9.96. The molecule has 0 bridgehead atoms. The maximum atomic E-state index is 12.9. The van der Waals surface area contributed by atoms with Gasteiger partial charge in [0, 0.05) is 37.0 Å². The number of aryl methyl sites for hydroxylation is 1. The molecule has 0 saturated heterocycles. The third kappa shape index (κ3) is 5.10. The number of hydrogen-bond donors (Lipinski definition) is 3. The number of benzene rings is 1. The van der Waals surface area contributed by atoms with E-state index < -0.39 is 0 Å². The summed E-state index contributed by atoms with van der Waals surface area (Å²) in [5, 5.41) is 21.8. The normalized spacial score (nSPS) is 15.7. The van der Waals surface area contributed by atoms with Crippen molar-refractivity contribution in [2.75, 3.05) is 18.4 Å². The van der Waals surface area contributed by atoms with Gasteiger partial charge in [-0.2, -0.15) is 5.10 Å². The first-order chi connectivity index (χ1) is 17.3. The third-order valence-electron chi connectivity index (χ3n) is 5.92. The predicted octanol–water partition coefficient (Wildman–Crippen LogP) is 2.92. The summed E-state index contributed by atoms with van der Waals surface area (Å²) in [5.41, 5.74) is 4.46. The minimum absolute atomic E-state index is 0.0306. The average molecular weight is 488 g/mol. The summed E-state index contributed by atoms with van der Waals surface area (Å²) in [6.45, 7) is 7.28. The van der Waals surface area contributed by atoms with E-state index in [1.165, 1.54) is 0 Å². The average Bonchev–Trinajstić information content (AvgIpc) is 3.46. The zero-order chi connectivity index (χ0) is 25.3. The van der Waals surface area contributed by atoms with Crippen LogP contribution in [-0.2, 0) is 18.9 Å². The Morgan fingerprint density at radius 3 is 2.83 bits per heavy atom. The van der Waals surface area contributed by atoms with Gasteiger partial charge in [-0.15, -0.1) is 10.2 Å². The quantitative estimate of drug-likeness (QED) is 0.388. The van der Waals surface area contributed by atoms with Crippen LogP contribution in [0.25, 0.3) is 11.3 Å². The van der Waals surface area contributed by atoms with E-state index in [0.717, 1.165) is 41.0 Å². The van der Waals surface area contributed by atoms with E-state index in [-0.39, 0.29) is 23.3 Å². The Hall–Kier alpha value is -4.12. The van der Waals surface area contributed by atoms with E-state index >= 15 is 0 Å². The Kier molecular flexibility index (Phi) is 6.23. The molecule has 1 amide bonds. The van der Waals surface area contributed by atoms with Gasteiger partial charge in [0.05, 0.1) is 23.6 Å². The first-order valence-electron chi connectivity index (χ1n) is 11.8. The topological polar surface area (TPSA) is 136 Å². The number of hydrogen-bond acceptors (Lipinski definition) is 9. The number of nitrogens with one attached hydrogen (secondary N) is 3. The molecular formula is C25H29N9O2. The van der Waals surface area contributed by atoms with Crippen LogP contribution in [0.5, 0.6) is 0 Å². The first-order valence-corrected chi connectivity index (χ1v) is 11.8. The summed E-state index contributed by atoms with van der Waals surface area (Å²) in [6.07, 6.45) is 6.14. The van der Waals surface area contributed by atoms with Crippen molar-refractivity contribution in [2.45, 2.75) is 38.6 Å². The second-order valence-corrected chi connectivity index (χ2v) is 9.85. The molecule has 0 radical (unpaired) electrons. The fraction of sp³-hybridized carbons (Fsp3) is 0.360. The second-order valence-electron chi connectivity index (χ2n) is 9.85. The van der Waals surface area contributed by atoms with E-state index in [2.05, 4.69) is 47.3 Å². The van der Waals surface area contributed by atoms with Gasteiger partial charge in [0.25, 0.3) is 0 Å². The summed E-state index contributed by atoms with van der Waals surface area (Å²) >= 11 is 0. The minimum atomic E-state index is -0.386. The largest absolute Gasteiger partial charge is 0.416 e. The summed E-state index contributed by atoms with van der Waals surface area (Å²) in [7, 11) is 1.86. The lowest BCUT2D eigenvalue weighted by Gasteiger charge is -2.19. The Bertz CT molecular complexity index is 1390. The van der Waals surface area contributed by atoms with Crippen molar-refractivity contribution in [3.8, 4) is 11.3 Å². The van der Waals surface area contributed by atoms with Gasteiger partial charge >= 0.3 is 11.8 Å². The van der Waals surface area contributed by atoms with E-state index in [1.54, 1.807) is 17.1 Å². The Labute approximate surface area is 208 Å². The van der Waals surface area contributed by atoms with Crippen LogP contribution in [0.4, 0.5) is 11.6 Å². The first kappa shape index (κ1) is 23.6. The number of nitrogens with zero attached hydrogens (tertiary/aromatic N) is 6. The SMILES string of the molecule is Cn1cc(Nc2nccc(-c3ccc4c(c3)CCNC[C@@H]4NC(=O)c3nnc(C(C)(C)C)o3)n2)cn1. The van der Waals surface area contributed by atoms with Crippen molar-refractivity contribution in [1.82, 2.24) is 40.6 Å². The smallest absolute Gasteiger partial charge is 0.309 e. The highest BCUT2D eigenvalue weighted by Gasteiger charge is 2.27. The molecule has 0 fully saturated rings. The highest BCUT2D eigenvalue weighted by molar-refractivity contribution is 5.89. The zero-order valence-corrected chi connectivity index (χ0v) is 20.7. The van der Waals surface area contributed by atoms with Crippen LogP contribution in [0.15, 0.2) is 47.3 Å². The number of carbonyl (C=O) groups excluding carboxylic acids is 1. The van der Waals surface area contributed by atoms with E-state index in [1.807, 2.05) is 52.2 Å². The fourth-order valence-electron chi connectivity index (χ4n) is 4.06. The maximum Gasteiger partial charge on any atom is 0.309 e. The summed E-state index contributed by atoms with van der Waals surface area (Å²) in [4.78, 5) is 21.9. The van der Waals surface area contributed by atoms with Crippen LogP contribution in [0.2, 0.25) is 0 Å². The van der Waals surface area contributed by atoms with Crippen LogP contribution >= 0.6 is 0 Å². The molecule has 36 heavy (non-hydrogen) atoms. The molecule has 1 aliphatic rings. The predicted molar refractivity (Wildman–Crippen MR) is 134 cm³/mol. The molecule has 4 heterocycles. The van der Waals surface area contributed by atoms with Crippen LogP contribution in [0.1, 0.15) is 54.5 Å². The third-order valence-corrected chi connectivity index (χ3v) is 5.92. The molecule has 0 spiro atoms.